The van der Waals surface area contributed by atoms with Crippen LogP contribution in [-0.4, -0.2) is 0 Å². The fraction of sp³-hybridized carbons (Fsp3) is 0.143. The van der Waals surface area contributed by atoms with E-state index in [1.165, 1.54) is 18.2 Å². The Hall–Kier alpha value is -1.76. The van der Waals surface area contributed by atoms with Crippen LogP contribution in [0.5, 0.6) is 5.75 Å². The summed E-state index contributed by atoms with van der Waals surface area (Å²) < 4.78 is 57.3. The Bertz CT molecular complexity index is 658. The van der Waals surface area contributed by atoms with Crippen LogP contribution in [0.3, 0.4) is 0 Å². The van der Waals surface area contributed by atoms with Crippen molar-refractivity contribution >= 4 is 21.6 Å². The van der Waals surface area contributed by atoms with E-state index in [1.54, 1.807) is 6.07 Å². The maximum absolute atomic E-state index is 13.3. The highest BCUT2D eigenvalue weighted by Gasteiger charge is 2.34. The Morgan fingerprint density at radius 2 is 1.86 bits per heavy atom. The lowest BCUT2D eigenvalue weighted by Crippen LogP contribution is -2.09. The topological polar surface area (TPSA) is 35.2 Å². The van der Waals surface area contributed by atoms with Gasteiger partial charge < -0.3 is 10.5 Å². The summed E-state index contributed by atoms with van der Waals surface area (Å²) in [6, 6.07) is 7.49. The number of halogens is 5. The summed E-state index contributed by atoms with van der Waals surface area (Å²) in [6.07, 6.45) is -4.58. The minimum absolute atomic E-state index is 0.0124. The molecule has 0 saturated carbocycles. The molecule has 0 fully saturated rings. The van der Waals surface area contributed by atoms with Crippen molar-refractivity contribution in [1.82, 2.24) is 0 Å². The van der Waals surface area contributed by atoms with E-state index in [2.05, 4.69) is 15.9 Å². The van der Waals surface area contributed by atoms with Crippen LogP contribution < -0.4 is 10.5 Å². The number of hydrogen-bond acceptors (Lipinski definition) is 2. The number of nitrogens with two attached hydrogens (primary N) is 1. The van der Waals surface area contributed by atoms with Gasteiger partial charge in [-0.2, -0.15) is 13.2 Å². The average Bonchev–Trinajstić information content (AvgIpc) is 2.40. The maximum atomic E-state index is 13.3. The zero-order valence-corrected chi connectivity index (χ0v) is 12.1. The van der Waals surface area contributed by atoms with Gasteiger partial charge in [0, 0.05) is 11.3 Å². The van der Waals surface area contributed by atoms with Gasteiger partial charge in [0.1, 0.15) is 18.2 Å². The van der Waals surface area contributed by atoms with Crippen molar-refractivity contribution in [2.75, 3.05) is 5.73 Å². The number of hydrogen-bond donors (Lipinski definition) is 1. The minimum Gasteiger partial charge on any atom is -0.488 e. The first-order chi connectivity index (χ1) is 9.79. The molecule has 0 spiro atoms. The molecule has 2 nitrogen and oxygen atoms in total. The fourth-order valence-corrected chi connectivity index (χ4v) is 2.09. The smallest absolute Gasteiger partial charge is 0.420 e. The van der Waals surface area contributed by atoms with Crippen LogP contribution in [0.1, 0.15) is 11.1 Å². The molecule has 2 N–H and O–H groups in total. The first-order valence-electron chi connectivity index (χ1n) is 5.81. The van der Waals surface area contributed by atoms with E-state index in [1.807, 2.05) is 0 Å². The number of rotatable bonds is 3. The average molecular weight is 364 g/mol. The molecule has 0 aliphatic rings. The van der Waals surface area contributed by atoms with Crippen molar-refractivity contribution < 1.29 is 22.3 Å². The first kappa shape index (κ1) is 15.6. The highest BCUT2D eigenvalue weighted by Crippen LogP contribution is 2.37. The molecule has 21 heavy (non-hydrogen) atoms. The summed E-state index contributed by atoms with van der Waals surface area (Å²) in [6.45, 7) is -0.203. The number of alkyl halides is 3. The second-order valence-electron chi connectivity index (χ2n) is 4.25. The fourth-order valence-electron chi connectivity index (χ4n) is 1.71. The zero-order valence-electron chi connectivity index (χ0n) is 10.5. The van der Waals surface area contributed by atoms with Crippen LogP contribution in [-0.2, 0) is 12.8 Å². The van der Waals surface area contributed by atoms with Crippen molar-refractivity contribution in [3.05, 3.63) is 57.8 Å². The van der Waals surface area contributed by atoms with Crippen molar-refractivity contribution in [2.45, 2.75) is 12.8 Å². The third-order valence-electron chi connectivity index (χ3n) is 2.72. The quantitative estimate of drug-likeness (QED) is 0.629. The summed E-state index contributed by atoms with van der Waals surface area (Å²) in [7, 11) is 0. The molecule has 0 heterocycles. The zero-order chi connectivity index (χ0) is 15.6. The monoisotopic (exact) mass is 363 g/mol. The Labute approximate surface area is 126 Å². The molecular formula is C14H10BrF4NO. The van der Waals surface area contributed by atoms with Crippen LogP contribution in [0.15, 0.2) is 40.9 Å². The van der Waals surface area contributed by atoms with E-state index in [-0.39, 0.29) is 22.5 Å². The molecule has 0 amide bonds. The molecule has 0 radical (unpaired) electrons. The lowest BCUT2D eigenvalue weighted by Gasteiger charge is -2.15. The van der Waals surface area contributed by atoms with Gasteiger partial charge in [-0.15, -0.1) is 0 Å². The molecule has 0 bridgehead atoms. The molecule has 7 heteroatoms. The van der Waals surface area contributed by atoms with Crippen molar-refractivity contribution in [3.8, 4) is 5.75 Å². The maximum Gasteiger partial charge on any atom is 0.420 e. The van der Waals surface area contributed by atoms with Gasteiger partial charge in [0.15, 0.2) is 0 Å². The second-order valence-corrected chi connectivity index (χ2v) is 5.05. The highest BCUT2D eigenvalue weighted by atomic mass is 79.9. The van der Waals surface area contributed by atoms with E-state index >= 15 is 0 Å². The molecule has 0 unspecified atom stereocenters. The van der Waals surface area contributed by atoms with Crippen LogP contribution in [0.25, 0.3) is 0 Å². The van der Waals surface area contributed by atoms with E-state index in [9.17, 15) is 17.6 Å². The lowest BCUT2D eigenvalue weighted by molar-refractivity contribution is -0.139. The van der Waals surface area contributed by atoms with Crippen LogP contribution in [0.4, 0.5) is 23.2 Å². The van der Waals surface area contributed by atoms with E-state index in [0.29, 0.717) is 5.56 Å². The Morgan fingerprint density at radius 1 is 1.14 bits per heavy atom. The molecule has 2 rings (SSSR count). The number of ether oxygens (including phenoxy) is 1. The molecule has 112 valence electrons. The molecule has 2 aromatic carbocycles. The van der Waals surface area contributed by atoms with E-state index in [0.717, 1.165) is 12.1 Å². The third-order valence-corrected chi connectivity index (χ3v) is 3.61. The van der Waals surface area contributed by atoms with Gasteiger partial charge in [-0.3, -0.25) is 0 Å². The van der Waals surface area contributed by atoms with Gasteiger partial charge >= 0.3 is 6.18 Å². The summed E-state index contributed by atoms with van der Waals surface area (Å²) in [5.74, 6) is -0.864. The molecule has 2 aromatic rings. The summed E-state index contributed by atoms with van der Waals surface area (Å²) in [5, 5.41) is 0. The van der Waals surface area contributed by atoms with Gasteiger partial charge in [-0.05, 0) is 40.2 Å². The third kappa shape index (κ3) is 3.66. The Morgan fingerprint density at radius 3 is 2.52 bits per heavy atom. The van der Waals surface area contributed by atoms with Gasteiger partial charge in [0.05, 0.1) is 10.0 Å². The molecule has 0 aliphatic heterocycles. The Kier molecular flexibility index (Phi) is 4.41. The normalized spacial score (nSPS) is 11.5. The van der Waals surface area contributed by atoms with E-state index in [4.69, 9.17) is 10.5 Å². The number of benzene rings is 2. The summed E-state index contributed by atoms with van der Waals surface area (Å²) in [5.41, 5.74) is 4.79. The van der Waals surface area contributed by atoms with Crippen molar-refractivity contribution in [3.63, 3.8) is 0 Å². The Balaban J connectivity index is 2.26. The van der Waals surface area contributed by atoms with Gasteiger partial charge in [-0.1, -0.05) is 12.1 Å². The SMILES string of the molecule is Nc1ccc(OCc2cccc(F)c2Br)c(C(F)(F)F)c1. The van der Waals surface area contributed by atoms with Crippen LogP contribution in [0.2, 0.25) is 0 Å². The van der Waals surface area contributed by atoms with Crippen molar-refractivity contribution in [2.24, 2.45) is 0 Å². The first-order valence-corrected chi connectivity index (χ1v) is 6.60. The van der Waals surface area contributed by atoms with Gasteiger partial charge in [0.2, 0.25) is 0 Å². The predicted molar refractivity (Wildman–Crippen MR) is 74.3 cm³/mol. The number of nitrogen functional groups attached to an aromatic ring is 1. The standard InChI is InChI=1S/C14H10BrF4NO/c15-13-8(2-1-3-11(13)16)7-21-12-5-4-9(20)6-10(12)14(17,18)19/h1-6H,7,20H2. The molecular weight excluding hydrogens is 354 g/mol. The highest BCUT2D eigenvalue weighted by molar-refractivity contribution is 9.10. The minimum atomic E-state index is -4.58. The molecule has 0 aromatic heterocycles. The van der Waals surface area contributed by atoms with Crippen LogP contribution >= 0.6 is 15.9 Å². The summed E-state index contributed by atoms with van der Waals surface area (Å²) in [4.78, 5) is 0. The van der Waals surface area contributed by atoms with Crippen molar-refractivity contribution in [1.29, 1.82) is 0 Å². The number of anilines is 1. The van der Waals surface area contributed by atoms with Crippen LogP contribution in [0, 0.1) is 5.82 Å². The molecule has 0 saturated heterocycles. The lowest BCUT2D eigenvalue weighted by atomic mass is 10.1. The van der Waals surface area contributed by atoms with Gasteiger partial charge in [-0.25, -0.2) is 4.39 Å². The molecule has 0 atom stereocenters. The van der Waals surface area contributed by atoms with Gasteiger partial charge in [0.25, 0.3) is 0 Å². The predicted octanol–water partition coefficient (Wildman–Crippen LogP) is 4.77. The largest absolute Gasteiger partial charge is 0.488 e. The van der Waals surface area contributed by atoms with E-state index < -0.39 is 17.6 Å². The second kappa shape index (κ2) is 5.93. The summed E-state index contributed by atoms with van der Waals surface area (Å²) >= 11 is 3.03. The molecule has 0 aliphatic carbocycles.